The van der Waals surface area contributed by atoms with Crippen LogP contribution in [0.2, 0.25) is 0 Å². The summed E-state index contributed by atoms with van der Waals surface area (Å²) in [6, 6.07) is 7.05. The van der Waals surface area contributed by atoms with Crippen LogP contribution in [0.15, 0.2) is 24.3 Å². The van der Waals surface area contributed by atoms with Crippen LogP contribution in [-0.2, 0) is 11.3 Å². The van der Waals surface area contributed by atoms with Crippen LogP contribution in [0.1, 0.15) is 25.3 Å². The Morgan fingerprint density at radius 3 is 2.42 bits per heavy atom. The van der Waals surface area contributed by atoms with E-state index < -0.39 is 0 Å². The molecule has 0 unspecified atom stereocenters. The number of halogens is 1. The number of hydrogen-bond acceptors (Lipinski definition) is 2. The van der Waals surface area contributed by atoms with Crippen molar-refractivity contribution in [1.82, 2.24) is 9.80 Å². The van der Waals surface area contributed by atoms with E-state index in [-0.39, 0.29) is 11.7 Å². The van der Waals surface area contributed by atoms with Gasteiger partial charge in [0.25, 0.3) is 0 Å². The summed E-state index contributed by atoms with van der Waals surface area (Å²) >= 11 is 0. The minimum Gasteiger partial charge on any atom is -0.343 e. The molecular formula is C15H21FN2O. The molecule has 0 saturated carbocycles. The SMILES string of the molecule is CC(=O)N(C)C1CCN(Cc2ccc(F)cc2)CC1. The fraction of sp³-hybridized carbons (Fsp3) is 0.533. The Balaban J connectivity index is 1.83. The topological polar surface area (TPSA) is 23.6 Å². The molecule has 3 nitrogen and oxygen atoms in total. The normalized spacial score (nSPS) is 17.4. The molecule has 1 aliphatic rings. The lowest BCUT2D eigenvalue weighted by atomic mass is 10.0. The predicted molar refractivity (Wildman–Crippen MR) is 73.1 cm³/mol. The Labute approximate surface area is 114 Å². The molecule has 0 aliphatic carbocycles. The Morgan fingerprint density at radius 1 is 1.32 bits per heavy atom. The Kier molecular flexibility index (Phi) is 4.53. The second kappa shape index (κ2) is 6.15. The van der Waals surface area contributed by atoms with Crippen LogP contribution in [0.25, 0.3) is 0 Å². The lowest BCUT2D eigenvalue weighted by molar-refractivity contribution is -0.130. The smallest absolute Gasteiger partial charge is 0.219 e. The molecule has 0 N–H and O–H groups in total. The molecule has 1 aliphatic heterocycles. The molecular weight excluding hydrogens is 243 g/mol. The lowest BCUT2D eigenvalue weighted by Crippen LogP contribution is -2.44. The van der Waals surface area contributed by atoms with Crippen molar-refractivity contribution >= 4 is 5.91 Å². The number of hydrogen-bond donors (Lipinski definition) is 0. The van der Waals surface area contributed by atoms with Crippen LogP contribution < -0.4 is 0 Å². The first-order chi connectivity index (χ1) is 9.06. The van der Waals surface area contributed by atoms with Gasteiger partial charge >= 0.3 is 0 Å². The summed E-state index contributed by atoms with van der Waals surface area (Å²) in [5.41, 5.74) is 1.14. The number of likely N-dealkylation sites (tertiary alicyclic amines) is 1. The third kappa shape index (κ3) is 3.77. The van der Waals surface area contributed by atoms with Crippen LogP contribution >= 0.6 is 0 Å². The molecule has 1 amide bonds. The van der Waals surface area contributed by atoms with Crippen molar-refractivity contribution in [3.8, 4) is 0 Å². The fourth-order valence-corrected chi connectivity index (χ4v) is 2.57. The second-order valence-corrected chi connectivity index (χ2v) is 5.26. The minimum absolute atomic E-state index is 0.136. The van der Waals surface area contributed by atoms with E-state index in [0.717, 1.165) is 38.0 Å². The minimum atomic E-state index is -0.189. The number of carbonyl (C=O) groups excluding carboxylic acids is 1. The largest absolute Gasteiger partial charge is 0.343 e. The predicted octanol–water partition coefficient (Wildman–Crippen LogP) is 2.27. The number of rotatable bonds is 3. The molecule has 1 fully saturated rings. The van der Waals surface area contributed by atoms with Gasteiger partial charge in [0.05, 0.1) is 0 Å². The van der Waals surface area contributed by atoms with Crippen molar-refractivity contribution in [2.24, 2.45) is 0 Å². The zero-order chi connectivity index (χ0) is 13.8. The standard InChI is InChI=1S/C15H21FN2O/c1-12(19)17(2)15-7-9-18(10-8-15)11-13-3-5-14(16)6-4-13/h3-6,15H,7-11H2,1-2H3. The molecule has 0 bridgehead atoms. The number of benzene rings is 1. The summed E-state index contributed by atoms with van der Waals surface area (Å²) in [6.45, 7) is 4.45. The molecule has 4 heteroatoms. The quantitative estimate of drug-likeness (QED) is 0.836. The maximum atomic E-state index is 12.8. The van der Waals surface area contributed by atoms with Crippen molar-refractivity contribution < 1.29 is 9.18 Å². The van der Waals surface area contributed by atoms with Crippen LogP contribution in [0.3, 0.4) is 0 Å². The maximum absolute atomic E-state index is 12.8. The van der Waals surface area contributed by atoms with Crippen LogP contribution in [-0.4, -0.2) is 41.9 Å². The van der Waals surface area contributed by atoms with Gasteiger partial charge in [-0.2, -0.15) is 0 Å². The Hall–Kier alpha value is -1.42. The van der Waals surface area contributed by atoms with Gasteiger partial charge in [-0.3, -0.25) is 9.69 Å². The number of piperidine rings is 1. The van der Waals surface area contributed by atoms with Crippen LogP contribution in [0.4, 0.5) is 4.39 Å². The Bertz CT molecular complexity index is 424. The van der Waals surface area contributed by atoms with Gasteiger partial charge < -0.3 is 4.90 Å². The van der Waals surface area contributed by atoms with Gasteiger partial charge in [-0.1, -0.05) is 12.1 Å². The fourth-order valence-electron chi connectivity index (χ4n) is 2.57. The lowest BCUT2D eigenvalue weighted by Gasteiger charge is -2.36. The Morgan fingerprint density at radius 2 is 1.89 bits per heavy atom. The van der Waals surface area contributed by atoms with Gasteiger partial charge in [-0.15, -0.1) is 0 Å². The van der Waals surface area contributed by atoms with Crippen LogP contribution in [0, 0.1) is 5.82 Å². The first kappa shape index (κ1) is 14.0. The first-order valence-electron chi connectivity index (χ1n) is 6.76. The number of nitrogens with zero attached hydrogens (tertiary/aromatic N) is 2. The van der Waals surface area contributed by atoms with E-state index in [0.29, 0.717) is 6.04 Å². The number of carbonyl (C=O) groups is 1. The van der Waals surface area contributed by atoms with Crippen molar-refractivity contribution in [2.45, 2.75) is 32.4 Å². The van der Waals surface area contributed by atoms with E-state index >= 15 is 0 Å². The summed E-state index contributed by atoms with van der Waals surface area (Å²) < 4.78 is 12.8. The third-order valence-electron chi connectivity index (χ3n) is 3.92. The van der Waals surface area contributed by atoms with Crippen molar-refractivity contribution in [1.29, 1.82) is 0 Å². The van der Waals surface area contributed by atoms with Crippen molar-refractivity contribution in [3.63, 3.8) is 0 Å². The average molecular weight is 264 g/mol. The summed E-state index contributed by atoms with van der Waals surface area (Å²) in [5.74, 6) is -0.0532. The van der Waals surface area contributed by atoms with Gasteiger partial charge in [-0.05, 0) is 30.5 Å². The number of amides is 1. The molecule has 1 saturated heterocycles. The highest BCUT2D eigenvalue weighted by Crippen LogP contribution is 2.17. The monoisotopic (exact) mass is 264 g/mol. The first-order valence-corrected chi connectivity index (χ1v) is 6.76. The van der Waals surface area contributed by atoms with E-state index in [1.807, 2.05) is 24.1 Å². The summed E-state index contributed by atoms with van der Waals surface area (Å²) in [5, 5.41) is 0. The van der Waals surface area contributed by atoms with E-state index in [1.165, 1.54) is 12.1 Å². The molecule has 104 valence electrons. The zero-order valence-electron chi connectivity index (χ0n) is 11.6. The van der Waals surface area contributed by atoms with E-state index in [4.69, 9.17) is 0 Å². The maximum Gasteiger partial charge on any atom is 0.219 e. The highest BCUT2D eigenvalue weighted by Gasteiger charge is 2.23. The molecule has 19 heavy (non-hydrogen) atoms. The van der Waals surface area contributed by atoms with Crippen molar-refractivity contribution in [3.05, 3.63) is 35.6 Å². The molecule has 0 radical (unpaired) electrons. The second-order valence-electron chi connectivity index (χ2n) is 5.26. The van der Waals surface area contributed by atoms with E-state index in [2.05, 4.69) is 4.90 Å². The molecule has 0 atom stereocenters. The molecule has 2 rings (SSSR count). The summed E-state index contributed by atoms with van der Waals surface area (Å²) in [7, 11) is 1.88. The molecule has 1 aromatic rings. The van der Waals surface area contributed by atoms with Gasteiger partial charge in [0.2, 0.25) is 5.91 Å². The zero-order valence-corrected chi connectivity index (χ0v) is 11.6. The van der Waals surface area contributed by atoms with Gasteiger partial charge in [-0.25, -0.2) is 4.39 Å². The van der Waals surface area contributed by atoms with Gasteiger partial charge in [0.15, 0.2) is 0 Å². The highest BCUT2D eigenvalue weighted by atomic mass is 19.1. The van der Waals surface area contributed by atoms with Crippen LogP contribution in [0.5, 0.6) is 0 Å². The molecule has 0 spiro atoms. The molecule has 0 aromatic heterocycles. The van der Waals surface area contributed by atoms with Gasteiger partial charge in [0.1, 0.15) is 5.82 Å². The third-order valence-corrected chi connectivity index (χ3v) is 3.92. The van der Waals surface area contributed by atoms with Gasteiger partial charge in [0, 0.05) is 39.6 Å². The van der Waals surface area contributed by atoms with E-state index in [9.17, 15) is 9.18 Å². The van der Waals surface area contributed by atoms with E-state index in [1.54, 1.807) is 6.92 Å². The van der Waals surface area contributed by atoms with Crippen molar-refractivity contribution in [2.75, 3.05) is 20.1 Å². The molecule has 1 heterocycles. The average Bonchev–Trinajstić information content (AvgIpc) is 2.41. The highest BCUT2D eigenvalue weighted by molar-refractivity contribution is 5.73. The summed E-state index contributed by atoms with van der Waals surface area (Å²) in [4.78, 5) is 15.5. The summed E-state index contributed by atoms with van der Waals surface area (Å²) in [6.07, 6.45) is 2.02. The molecule has 1 aromatic carbocycles.